The van der Waals surface area contributed by atoms with Crippen LogP contribution >= 0.6 is 15.9 Å². The lowest BCUT2D eigenvalue weighted by molar-refractivity contribution is 0.208. The van der Waals surface area contributed by atoms with Crippen LogP contribution in [0.2, 0.25) is 0 Å². The largest absolute Gasteiger partial charge is 0.368 e. The second-order valence-corrected chi connectivity index (χ2v) is 7.63. The summed E-state index contributed by atoms with van der Waals surface area (Å²) in [5.41, 5.74) is 2.13. The Morgan fingerprint density at radius 3 is 2.48 bits per heavy atom. The molecule has 0 atom stereocenters. The maximum atomic E-state index is 13.9. The molecule has 1 fully saturated rings. The highest BCUT2D eigenvalue weighted by atomic mass is 79.9. The van der Waals surface area contributed by atoms with Crippen molar-refractivity contribution in [1.29, 1.82) is 0 Å². The second-order valence-electron chi connectivity index (χ2n) is 6.71. The Hall–Kier alpha value is -2.94. The number of amides is 2. The summed E-state index contributed by atoms with van der Waals surface area (Å²) in [6, 6.07) is 12.2. The van der Waals surface area contributed by atoms with Gasteiger partial charge in [-0.2, -0.15) is 4.98 Å². The summed E-state index contributed by atoms with van der Waals surface area (Å²) in [6.07, 6.45) is 0. The number of piperazine rings is 1. The predicted octanol–water partition coefficient (Wildman–Crippen LogP) is 4.30. The summed E-state index contributed by atoms with van der Waals surface area (Å²) in [5, 5.41) is 6.56. The van der Waals surface area contributed by atoms with Crippen molar-refractivity contribution in [3.63, 3.8) is 0 Å². The van der Waals surface area contributed by atoms with Crippen molar-refractivity contribution >= 4 is 33.3 Å². The van der Waals surface area contributed by atoms with Gasteiger partial charge in [-0.05, 0) is 42.5 Å². The molecule has 29 heavy (non-hydrogen) atoms. The molecule has 0 aliphatic carbocycles. The quantitative estimate of drug-likeness (QED) is 0.631. The highest BCUT2D eigenvalue weighted by Crippen LogP contribution is 2.23. The molecule has 0 saturated carbocycles. The predicted molar refractivity (Wildman–Crippen MR) is 111 cm³/mol. The van der Waals surface area contributed by atoms with E-state index in [1.807, 2.05) is 24.3 Å². The van der Waals surface area contributed by atoms with Crippen LogP contribution in [0, 0.1) is 12.7 Å². The minimum absolute atomic E-state index is 0.174. The van der Waals surface area contributed by atoms with Crippen molar-refractivity contribution < 1.29 is 13.7 Å². The van der Waals surface area contributed by atoms with Crippen molar-refractivity contribution in [1.82, 2.24) is 15.0 Å². The average Bonchev–Trinajstić information content (AvgIpc) is 3.17. The molecule has 2 amide bonds. The van der Waals surface area contributed by atoms with Crippen molar-refractivity contribution in [2.75, 3.05) is 36.4 Å². The Bertz CT molecular complexity index is 1020. The highest BCUT2D eigenvalue weighted by Gasteiger charge is 2.22. The van der Waals surface area contributed by atoms with Crippen LogP contribution in [0.4, 0.5) is 20.6 Å². The molecule has 2 heterocycles. The summed E-state index contributed by atoms with van der Waals surface area (Å²) >= 11 is 3.21. The number of carbonyl (C=O) groups is 1. The second kappa shape index (κ2) is 8.20. The standard InChI is InChI=1S/C20H19BrFN5O2/c1-13-23-19(25-29-13)14-2-5-16(6-3-14)26-8-10-27(11-9-26)20(28)24-18-7-4-15(21)12-17(18)22/h2-7,12H,8-11H2,1H3,(H,24,28). The van der Waals surface area contributed by atoms with E-state index in [1.54, 1.807) is 24.0 Å². The molecule has 1 aliphatic heterocycles. The summed E-state index contributed by atoms with van der Waals surface area (Å²) in [6.45, 7) is 4.24. The van der Waals surface area contributed by atoms with Gasteiger partial charge in [0.1, 0.15) is 5.82 Å². The van der Waals surface area contributed by atoms with Crippen LogP contribution in [-0.4, -0.2) is 47.3 Å². The number of aryl methyl sites for hydroxylation is 1. The monoisotopic (exact) mass is 459 g/mol. The molecule has 9 heteroatoms. The molecule has 4 rings (SSSR count). The molecule has 0 unspecified atom stereocenters. The van der Waals surface area contributed by atoms with Gasteiger partial charge in [-0.25, -0.2) is 9.18 Å². The molecule has 1 aromatic heterocycles. The van der Waals surface area contributed by atoms with Gasteiger partial charge >= 0.3 is 6.03 Å². The minimum Gasteiger partial charge on any atom is -0.368 e. The summed E-state index contributed by atoms with van der Waals surface area (Å²) in [7, 11) is 0. The van der Waals surface area contributed by atoms with Crippen LogP contribution in [0.5, 0.6) is 0 Å². The zero-order valence-corrected chi connectivity index (χ0v) is 17.3. The zero-order valence-electron chi connectivity index (χ0n) is 15.7. The first-order valence-corrected chi connectivity index (χ1v) is 9.95. The SMILES string of the molecule is Cc1nc(-c2ccc(N3CCN(C(=O)Nc4ccc(Br)cc4F)CC3)cc2)no1. The van der Waals surface area contributed by atoms with E-state index in [0.717, 1.165) is 11.3 Å². The van der Waals surface area contributed by atoms with Crippen LogP contribution in [0.3, 0.4) is 0 Å². The number of carbonyl (C=O) groups excluding carboxylic acids is 1. The van der Waals surface area contributed by atoms with Crippen LogP contribution < -0.4 is 10.2 Å². The number of hydrogen-bond donors (Lipinski definition) is 1. The first kappa shape index (κ1) is 19.4. The molecular weight excluding hydrogens is 441 g/mol. The molecule has 3 aromatic rings. The van der Waals surface area contributed by atoms with Gasteiger partial charge in [0, 0.05) is 48.8 Å². The minimum atomic E-state index is -0.469. The Morgan fingerprint density at radius 2 is 1.86 bits per heavy atom. The molecule has 150 valence electrons. The van der Waals surface area contributed by atoms with E-state index in [1.165, 1.54) is 6.07 Å². The first-order valence-electron chi connectivity index (χ1n) is 9.16. The molecule has 0 radical (unpaired) electrons. The topological polar surface area (TPSA) is 74.5 Å². The van der Waals surface area contributed by atoms with Crippen molar-refractivity contribution in [2.24, 2.45) is 0 Å². The average molecular weight is 460 g/mol. The lowest BCUT2D eigenvalue weighted by Crippen LogP contribution is -2.50. The maximum Gasteiger partial charge on any atom is 0.322 e. The van der Waals surface area contributed by atoms with Gasteiger partial charge in [-0.3, -0.25) is 0 Å². The van der Waals surface area contributed by atoms with E-state index in [2.05, 4.69) is 36.3 Å². The van der Waals surface area contributed by atoms with E-state index >= 15 is 0 Å². The van der Waals surface area contributed by atoms with Gasteiger partial charge in [0.15, 0.2) is 0 Å². The molecular formula is C20H19BrFN5O2. The third kappa shape index (κ3) is 4.40. The number of aromatic nitrogens is 2. The number of rotatable bonds is 3. The number of nitrogens with one attached hydrogen (secondary N) is 1. The molecule has 0 bridgehead atoms. The summed E-state index contributed by atoms with van der Waals surface area (Å²) in [5.74, 6) is 0.625. The Labute approximate surface area is 175 Å². The van der Waals surface area contributed by atoms with Gasteiger partial charge in [-0.15, -0.1) is 0 Å². The van der Waals surface area contributed by atoms with E-state index < -0.39 is 5.82 Å². The number of nitrogens with zero attached hydrogens (tertiary/aromatic N) is 4. The van der Waals surface area contributed by atoms with Gasteiger partial charge in [0.05, 0.1) is 5.69 Å². The third-order valence-electron chi connectivity index (χ3n) is 4.76. The van der Waals surface area contributed by atoms with Gasteiger partial charge in [0.2, 0.25) is 11.7 Å². The number of benzene rings is 2. The highest BCUT2D eigenvalue weighted by molar-refractivity contribution is 9.10. The van der Waals surface area contributed by atoms with Crippen LogP contribution in [0.25, 0.3) is 11.4 Å². The van der Waals surface area contributed by atoms with Gasteiger partial charge in [0.25, 0.3) is 0 Å². The Balaban J connectivity index is 1.34. The van der Waals surface area contributed by atoms with Gasteiger partial charge in [-0.1, -0.05) is 21.1 Å². The fourth-order valence-corrected chi connectivity index (χ4v) is 3.52. The molecule has 1 N–H and O–H groups in total. The van der Waals surface area contributed by atoms with Crippen LogP contribution in [0.1, 0.15) is 5.89 Å². The molecule has 0 spiro atoms. The van der Waals surface area contributed by atoms with Crippen LogP contribution in [-0.2, 0) is 0 Å². The fourth-order valence-electron chi connectivity index (χ4n) is 3.19. The van der Waals surface area contributed by atoms with E-state index in [-0.39, 0.29) is 11.7 Å². The van der Waals surface area contributed by atoms with Crippen LogP contribution in [0.15, 0.2) is 51.5 Å². The normalized spacial score (nSPS) is 14.2. The van der Waals surface area contributed by atoms with Crippen molar-refractivity contribution in [3.05, 3.63) is 58.6 Å². The smallest absolute Gasteiger partial charge is 0.322 e. The molecule has 2 aromatic carbocycles. The summed E-state index contributed by atoms with van der Waals surface area (Å²) in [4.78, 5) is 20.6. The Morgan fingerprint density at radius 1 is 1.14 bits per heavy atom. The van der Waals surface area contributed by atoms with E-state index in [0.29, 0.717) is 42.4 Å². The lowest BCUT2D eigenvalue weighted by Gasteiger charge is -2.36. The molecule has 7 nitrogen and oxygen atoms in total. The van der Waals surface area contributed by atoms with Crippen molar-refractivity contribution in [3.8, 4) is 11.4 Å². The number of urea groups is 1. The van der Waals surface area contributed by atoms with E-state index in [4.69, 9.17) is 4.52 Å². The van der Waals surface area contributed by atoms with Gasteiger partial charge < -0.3 is 19.6 Å². The Kier molecular flexibility index (Phi) is 5.48. The first-order chi connectivity index (χ1) is 14.0. The summed E-state index contributed by atoms with van der Waals surface area (Å²) < 4.78 is 19.6. The zero-order chi connectivity index (χ0) is 20.4. The lowest BCUT2D eigenvalue weighted by atomic mass is 10.1. The molecule has 1 saturated heterocycles. The third-order valence-corrected chi connectivity index (χ3v) is 5.25. The number of halogens is 2. The number of hydrogen-bond acceptors (Lipinski definition) is 5. The van der Waals surface area contributed by atoms with Crippen molar-refractivity contribution in [2.45, 2.75) is 6.92 Å². The molecule has 1 aliphatic rings. The maximum absolute atomic E-state index is 13.9. The van der Waals surface area contributed by atoms with E-state index in [9.17, 15) is 9.18 Å². The fraction of sp³-hybridized carbons (Fsp3) is 0.250. The number of anilines is 2.